The maximum Gasteiger partial charge on any atom is 0.251 e. The van der Waals surface area contributed by atoms with E-state index in [1.54, 1.807) is 48.5 Å². The fraction of sp³-hybridized carbons (Fsp3) is 0.211. The third-order valence-electron chi connectivity index (χ3n) is 3.47. The predicted molar refractivity (Wildman–Crippen MR) is 98.4 cm³/mol. The Morgan fingerprint density at radius 1 is 0.885 bits per heavy atom. The van der Waals surface area contributed by atoms with Crippen molar-refractivity contribution in [1.29, 1.82) is 0 Å². The van der Waals surface area contributed by atoms with E-state index in [4.69, 9.17) is 4.74 Å². The summed E-state index contributed by atoms with van der Waals surface area (Å²) in [5, 5.41) is 8.07. The number of rotatable bonds is 7. The van der Waals surface area contributed by atoms with E-state index in [0.29, 0.717) is 22.6 Å². The molecule has 0 saturated heterocycles. The molecule has 136 valence electrons. The van der Waals surface area contributed by atoms with E-state index in [1.807, 2.05) is 0 Å². The molecule has 0 radical (unpaired) electrons. The average Bonchev–Trinajstić information content (AvgIpc) is 2.64. The van der Waals surface area contributed by atoms with Crippen LogP contribution in [0.25, 0.3) is 0 Å². The second-order valence-electron chi connectivity index (χ2n) is 5.51. The SMILES string of the molecule is COc1cccc(C(=O)NCCNC(=O)c2cccc(NC(C)=O)c2)c1. The molecule has 26 heavy (non-hydrogen) atoms. The summed E-state index contributed by atoms with van der Waals surface area (Å²) in [7, 11) is 1.54. The smallest absolute Gasteiger partial charge is 0.251 e. The highest BCUT2D eigenvalue weighted by atomic mass is 16.5. The van der Waals surface area contributed by atoms with Crippen molar-refractivity contribution in [3.63, 3.8) is 0 Å². The summed E-state index contributed by atoms with van der Waals surface area (Å²) >= 11 is 0. The lowest BCUT2D eigenvalue weighted by atomic mass is 10.2. The summed E-state index contributed by atoms with van der Waals surface area (Å²) < 4.78 is 5.08. The quantitative estimate of drug-likeness (QED) is 0.660. The van der Waals surface area contributed by atoms with Gasteiger partial charge in [-0.3, -0.25) is 14.4 Å². The van der Waals surface area contributed by atoms with Gasteiger partial charge in [0.2, 0.25) is 5.91 Å². The monoisotopic (exact) mass is 355 g/mol. The first kappa shape index (κ1) is 19.0. The van der Waals surface area contributed by atoms with Crippen molar-refractivity contribution in [3.05, 3.63) is 59.7 Å². The molecular weight excluding hydrogens is 334 g/mol. The number of amides is 3. The van der Waals surface area contributed by atoms with Gasteiger partial charge in [0.05, 0.1) is 7.11 Å². The molecule has 0 aliphatic carbocycles. The predicted octanol–water partition coefficient (Wildman–Crippen LogP) is 1.81. The van der Waals surface area contributed by atoms with Gasteiger partial charge in [-0.05, 0) is 36.4 Å². The molecule has 0 spiro atoms. The van der Waals surface area contributed by atoms with E-state index in [9.17, 15) is 14.4 Å². The maximum absolute atomic E-state index is 12.1. The van der Waals surface area contributed by atoms with E-state index in [-0.39, 0.29) is 30.8 Å². The van der Waals surface area contributed by atoms with Crippen molar-refractivity contribution in [3.8, 4) is 5.75 Å². The summed E-state index contributed by atoms with van der Waals surface area (Å²) in [4.78, 5) is 35.2. The lowest BCUT2D eigenvalue weighted by Gasteiger charge is -2.09. The Morgan fingerprint density at radius 3 is 2.04 bits per heavy atom. The van der Waals surface area contributed by atoms with E-state index in [1.165, 1.54) is 14.0 Å². The van der Waals surface area contributed by atoms with Gasteiger partial charge in [0.25, 0.3) is 11.8 Å². The Hall–Kier alpha value is -3.35. The summed E-state index contributed by atoms with van der Waals surface area (Å²) in [6, 6.07) is 13.4. The first-order valence-corrected chi connectivity index (χ1v) is 8.07. The van der Waals surface area contributed by atoms with Crippen LogP contribution in [0.3, 0.4) is 0 Å². The second kappa shape index (κ2) is 9.22. The molecule has 7 heteroatoms. The minimum absolute atomic E-state index is 0.206. The Balaban J connectivity index is 1.81. The Bertz CT molecular complexity index is 805. The molecule has 0 unspecified atom stereocenters. The van der Waals surface area contributed by atoms with Crippen LogP contribution in [0.5, 0.6) is 5.75 Å². The topological polar surface area (TPSA) is 96.5 Å². The number of hydrogen-bond acceptors (Lipinski definition) is 4. The van der Waals surface area contributed by atoms with Gasteiger partial charge in [0.15, 0.2) is 0 Å². The van der Waals surface area contributed by atoms with Gasteiger partial charge in [-0.25, -0.2) is 0 Å². The molecule has 3 amide bonds. The lowest BCUT2D eigenvalue weighted by molar-refractivity contribution is -0.114. The third kappa shape index (κ3) is 5.62. The average molecular weight is 355 g/mol. The number of benzene rings is 2. The van der Waals surface area contributed by atoms with Crippen LogP contribution in [0.1, 0.15) is 27.6 Å². The first-order chi connectivity index (χ1) is 12.5. The molecular formula is C19H21N3O4. The summed E-state index contributed by atoms with van der Waals surface area (Å²) in [5.74, 6) is -0.133. The minimum atomic E-state index is -0.284. The molecule has 0 fully saturated rings. The van der Waals surface area contributed by atoms with Gasteiger partial charge in [-0.2, -0.15) is 0 Å². The van der Waals surface area contributed by atoms with Crippen LogP contribution in [0.4, 0.5) is 5.69 Å². The highest BCUT2D eigenvalue weighted by Crippen LogP contribution is 2.12. The van der Waals surface area contributed by atoms with Crippen molar-refractivity contribution < 1.29 is 19.1 Å². The molecule has 0 atom stereocenters. The number of ether oxygens (including phenoxy) is 1. The standard InChI is InChI=1S/C19H21N3O4/c1-13(23)22-16-7-3-5-14(11-16)18(24)20-9-10-21-19(25)15-6-4-8-17(12-15)26-2/h3-8,11-12H,9-10H2,1-2H3,(H,20,24)(H,21,25)(H,22,23). The fourth-order valence-electron chi connectivity index (χ4n) is 2.26. The van der Waals surface area contributed by atoms with Gasteiger partial charge < -0.3 is 20.7 Å². The number of methoxy groups -OCH3 is 1. The zero-order chi connectivity index (χ0) is 18.9. The lowest BCUT2D eigenvalue weighted by Crippen LogP contribution is -2.34. The normalized spacial score (nSPS) is 9.92. The van der Waals surface area contributed by atoms with E-state index in [2.05, 4.69) is 16.0 Å². The van der Waals surface area contributed by atoms with Gasteiger partial charge >= 0.3 is 0 Å². The summed E-state index contributed by atoms with van der Waals surface area (Å²) in [5.41, 5.74) is 1.46. The zero-order valence-electron chi connectivity index (χ0n) is 14.7. The van der Waals surface area contributed by atoms with Crippen LogP contribution in [0.15, 0.2) is 48.5 Å². The van der Waals surface area contributed by atoms with E-state index in [0.717, 1.165) is 0 Å². The minimum Gasteiger partial charge on any atom is -0.497 e. The van der Waals surface area contributed by atoms with Crippen LogP contribution < -0.4 is 20.7 Å². The van der Waals surface area contributed by atoms with Crippen molar-refractivity contribution in [2.45, 2.75) is 6.92 Å². The number of nitrogens with one attached hydrogen (secondary N) is 3. The molecule has 0 aromatic heterocycles. The maximum atomic E-state index is 12.1. The van der Waals surface area contributed by atoms with E-state index < -0.39 is 0 Å². The first-order valence-electron chi connectivity index (χ1n) is 8.07. The molecule has 0 heterocycles. The van der Waals surface area contributed by atoms with Gasteiger partial charge in [0, 0.05) is 36.8 Å². The highest BCUT2D eigenvalue weighted by molar-refractivity contribution is 5.97. The Morgan fingerprint density at radius 2 is 1.46 bits per heavy atom. The summed E-state index contributed by atoms with van der Waals surface area (Å²) in [6.45, 7) is 1.96. The van der Waals surface area contributed by atoms with Crippen molar-refractivity contribution >= 4 is 23.4 Å². The zero-order valence-corrected chi connectivity index (χ0v) is 14.7. The Kier molecular flexibility index (Phi) is 6.73. The Labute approximate surface area is 151 Å². The molecule has 0 saturated carbocycles. The fourth-order valence-corrected chi connectivity index (χ4v) is 2.26. The number of hydrogen-bond donors (Lipinski definition) is 3. The number of carbonyl (C=O) groups is 3. The van der Waals surface area contributed by atoms with Crippen LogP contribution >= 0.6 is 0 Å². The van der Waals surface area contributed by atoms with Crippen LogP contribution in [0.2, 0.25) is 0 Å². The van der Waals surface area contributed by atoms with Crippen molar-refractivity contribution in [2.75, 3.05) is 25.5 Å². The molecule has 2 aromatic rings. The molecule has 0 aliphatic rings. The summed E-state index contributed by atoms with van der Waals surface area (Å²) in [6.07, 6.45) is 0. The second-order valence-corrected chi connectivity index (χ2v) is 5.51. The van der Waals surface area contributed by atoms with Crippen molar-refractivity contribution in [1.82, 2.24) is 10.6 Å². The molecule has 7 nitrogen and oxygen atoms in total. The largest absolute Gasteiger partial charge is 0.497 e. The molecule has 0 bridgehead atoms. The highest BCUT2D eigenvalue weighted by Gasteiger charge is 2.08. The van der Waals surface area contributed by atoms with Crippen LogP contribution in [0, 0.1) is 0 Å². The van der Waals surface area contributed by atoms with Gasteiger partial charge in [0.1, 0.15) is 5.75 Å². The number of anilines is 1. The molecule has 2 aromatic carbocycles. The van der Waals surface area contributed by atoms with Gasteiger partial charge in [-0.15, -0.1) is 0 Å². The number of carbonyl (C=O) groups excluding carboxylic acids is 3. The molecule has 3 N–H and O–H groups in total. The van der Waals surface area contributed by atoms with E-state index >= 15 is 0 Å². The van der Waals surface area contributed by atoms with Crippen LogP contribution in [-0.4, -0.2) is 37.9 Å². The van der Waals surface area contributed by atoms with Crippen molar-refractivity contribution in [2.24, 2.45) is 0 Å². The third-order valence-corrected chi connectivity index (χ3v) is 3.47. The van der Waals surface area contributed by atoms with Gasteiger partial charge in [-0.1, -0.05) is 12.1 Å². The van der Waals surface area contributed by atoms with Crippen LogP contribution in [-0.2, 0) is 4.79 Å². The molecule has 0 aliphatic heterocycles. The molecule has 2 rings (SSSR count).